The van der Waals surface area contributed by atoms with E-state index in [0.717, 1.165) is 14.2 Å². The van der Waals surface area contributed by atoms with E-state index >= 15 is 0 Å². The van der Waals surface area contributed by atoms with Gasteiger partial charge in [-0.05, 0) is 6.42 Å². The molecular weight excluding hydrogens is 229 g/mol. The zero-order chi connectivity index (χ0) is 12.1. The summed E-state index contributed by atoms with van der Waals surface area (Å²) < 4.78 is 46.3. The minimum absolute atomic E-state index is 0.170. The van der Waals surface area contributed by atoms with Gasteiger partial charge in [-0.3, -0.25) is 9.36 Å². The summed E-state index contributed by atoms with van der Waals surface area (Å²) in [6.07, 6.45) is -1.28. The highest BCUT2D eigenvalue weighted by Crippen LogP contribution is 2.47. The van der Waals surface area contributed by atoms with Crippen LogP contribution in [0, 0.1) is 0 Å². The van der Waals surface area contributed by atoms with Crippen molar-refractivity contribution in [2.75, 3.05) is 20.4 Å². The highest BCUT2D eigenvalue weighted by atomic mass is 31.2. The molecule has 0 spiro atoms. The van der Waals surface area contributed by atoms with E-state index in [4.69, 9.17) is 0 Å². The molecule has 0 saturated carbocycles. The third kappa shape index (κ3) is 4.36. The fourth-order valence-corrected chi connectivity index (χ4v) is 1.94. The van der Waals surface area contributed by atoms with Gasteiger partial charge >= 0.3 is 13.5 Å². The van der Waals surface area contributed by atoms with E-state index < -0.39 is 31.9 Å². The Morgan fingerprint density at radius 1 is 1.33 bits per heavy atom. The Bertz CT molecular complexity index is 259. The van der Waals surface area contributed by atoms with Crippen molar-refractivity contribution in [1.29, 1.82) is 0 Å². The number of hydrogen-bond donors (Lipinski definition) is 0. The van der Waals surface area contributed by atoms with Gasteiger partial charge in [-0.25, -0.2) is 0 Å². The average Bonchev–Trinajstić information content (AvgIpc) is 2.17. The summed E-state index contributed by atoms with van der Waals surface area (Å²) in [4.78, 5) is 11.1. The molecule has 4 nitrogen and oxygen atoms in total. The molecule has 15 heavy (non-hydrogen) atoms. The summed E-state index contributed by atoms with van der Waals surface area (Å²) in [7, 11) is -1.58. The third-order valence-electron chi connectivity index (χ3n) is 1.87. The molecule has 0 aliphatic carbocycles. The SMILES string of the molecule is CCCC(F)(F)C(=O)CP(=O)(OC)OC. The Balaban J connectivity index is 4.54. The predicted octanol–water partition coefficient (Wildman–Crippen LogP) is 2.48. The van der Waals surface area contributed by atoms with Crippen LogP contribution in [0.15, 0.2) is 0 Å². The highest BCUT2D eigenvalue weighted by molar-refractivity contribution is 7.54. The van der Waals surface area contributed by atoms with E-state index in [1.807, 2.05) is 0 Å². The summed E-state index contributed by atoms with van der Waals surface area (Å²) in [5.41, 5.74) is 0. The zero-order valence-corrected chi connectivity index (χ0v) is 9.85. The number of hydrogen-bond acceptors (Lipinski definition) is 4. The second kappa shape index (κ2) is 5.68. The van der Waals surface area contributed by atoms with Crippen molar-refractivity contribution in [3.05, 3.63) is 0 Å². The molecule has 0 fully saturated rings. The first kappa shape index (κ1) is 14.7. The van der Waals surface area contributed by atoms with Gasteiger partial charge in [0.2, 0.25) is 5.78 Å². The molecule has 0 atom stereocenters. The Morgan fingerprint density at radius 3 is 2.13 bits per heavy atom. The topological polar surface area (TPSA) is 52.6 Å². The van der Waals surface area contributed by atoms with E-state index in [1.165, 1.54) is 6.92 Å². The fourth-order valence-electron chi connectivity index (χ4n) is 0.949. The van der Waals surface area contributed by atoms with Crippen molar-refractivity contribution < 1.29 is 27.2 Å². The Labute approximate surface area is 87.5 Å². The predicted molar refractivity (Wildman–Crippen MR) is 51.4 cm³/mol. The zero-order valence-electron chi connectivity index (χ0n) is 8.96. The molecule has 0 aromatic carbocycles. The first-order valence-corrected chi connectivity index (χ1v) is 6.15. The standard InChI is InChI=1S/C8H15F2O4P/c1-4-5-8(9,10)7(11)6-15(12,13-2)14-3/h4-6H2,1-3H3. The molecule has 0 aliphatic rings. The lowest BCUT2D eigenvalue weighted by Crippen LogP contribution is -2.31. The van der Waals surface area contributed by atoms with E-state index in [9.17, 15) is 18.1 Å². The van der Waals surface area contributed by atoms with Crippen LogP contribution in [0.5, 0.6) is 0 Å². The average molecular weight is 244 g/mol. The molecule has 0 rings (SSSR count). The summed E-state index contributed by atoms with van der Waals surface area (Å²) in [6, 6.07) is 0. The number of carbonyl (C=O) groups is 1. The van der Waals surface area contributed by atoms with Crippen molar-refractivity contribution in [3.8, 4) is 0 Å². The van der Waals surface area contributed by atoms with E-state index in [2.05, 4.69) is 9.05 Å². The van der Waals surface area contributed by atoms with Crippen LogP contribution in [-0.2, 0) is 18.4 Å². The minimum Gasteiger partial charge on any atom is -0.312 e. The molecule has 0 aliphatic heterocycles. The van der Waals surface area contributed by atoms with Crippen molar-refractivity contribution >= 4 is 13.4 Å². The largest absolute Gasteiger partial charge is 0.337 e. The molecule has 0 heterocycles. The van der Waals surface area contributed by atoms with Crippen LogP contribution in [-0.4, -0.2) is 32.1 Å². The number of Topliss-reactive ketones (excluding diaryl/α,β-unsaturated/α-hetero) is 1. The first-order chi connectivity index (χ1) is 6.81. The Hall–Kier alpha value is -0.320. The van der Waals surface area contributed by atoms with Gasteiger partial charge in [-0.2, -0.15) is 8.78 Å². The van der Waals surface area contributed by atoms with Gasteiger partial charge in [-0.1, -0.05) is 6.92 Å². The molecule has 0 radical (unpaired) electrons. The van der Waals surface area contributed by atoms with Crippen LogP contribution >= 0.6 is 7.60 Å². The second-order valence-electron chi connectivity index (χ2n) is 3.01. The van der Waals surface area contributed by atoms with Crippen LogP contribution in [0.25, 0.3) is 0 Å². The molecule has 90 valence electrons. The lowest BCUT2D eigenvalue weighted by molar-refractivity contribution is -0.141. The van der Waals surface area contributed by atoms with Crippen LogP contribution in [0.1, 0.15) is 19.8 Å². The third-order valence-corrected chi connectivity index (χ3v) is 3.65. The van der Waals surface area contributed by atoms with Gasteiger partial charge in [0.1, 0.15) is 6.16 Å². The second-order valence-corrected chi connectivity index (χ2v) is 5.28. The summed E-state index contributed by atoms with van der Waals surface area (Å²) in [5.74, 6) is -4.86. The first-order valence-electron chi connectivity index (χ1n) is 4.43. The Morgan fingerprint density at radius 2 is 1.80 bits per heavy atom. The lowest BCUT2D eigenvalue weighted by Gasteiger charge is -2.17. The maximum Gasteiger partial charge on any atom is 0.337 e. The molecule has 0 aromatic rings. The lowest BCUT2D eigenvalue weighted by atomic mass is 10.1. The highest BCUT2D eigenvalue weighted by Gasteiger charge is 2.41. The number of ketones is 1. The maximum absolute atomic E-state index is 13.0. The van der Waals surface area contributed by atoms with Crippen LogP contribution in [0.4, 0.5) is 8.78 Å². The van der Waals surface area contributed by atoms with E-state index in [0.29, 0.717) is 0 Å². The number of halogens is 2. The molecule has 7 heteroatoms. The smallest absolute Gasteiger partial charge is 0.312 e. The minimum atomic E-state index is -3.69. The van der Waals surface area contributed by atoms with Crippen LogP contribution < -0.4 is 0 Å². The van der Waals surface area contributed by atoms with E-state index in [-0.39, 0.29) is 6.42 Å². The number of rotatable bonds is 7. The van der Waals surface area contributed by atoms with Crippen molar-refractivity contribution in [2.24, 2.45) is 0 Å². The van der Waals surface area contributed by atoms with Gasteiger partial charge in [-0.15, -0.1) is 0 Å². The molecule has 0 N–H and O–H groups in total. The van der Waals surface area contributed by atoms with Crippen molar-refractivity contribution in [1.82, 2.24) is 0 Å². The van der Waals surface area contributed by atoms with Gasteiger partial charge in [0.25, 0.3) is 0 Å². The van der Waals surface area contributed by atoms with Crippen LogP contribution in [0.2, 0.25) is 0 Å². The Kier molecular flexibility index (Phi) is 5.56. The van der Waals surface area contributed by atoms with E-state index in [1.54, 1.807) is 0 Å². The summed E-state index contributed by atoms with van der Waals surface area (Å²) >= 11 is 0. The van der Waals surface area contributed by atoms with Gasteiger partial charge < -0.3 is 9.05 Å². The molecule has 0 aromatic heterocycles. The molecule has 0 unspecified atom stereocenters. The van der Waals surface area contributed by atoms with Crippen LogP contribution in [0.3, 0.4) is 0 Å². The summed E-state index contributed by atoms with van der Waals surface area (Å²) in [5, 5.41) is 0. The molecule has 0 amide bonds. The normalized spacial score (nSPS) is 12.9. The van der Waals surface area contributed by atoms with Gasteiger partial charge in [0.05, 0.1) is 0 Å². The molecular formula is C8H15F2O4P. The van der Waals surface area contributed by atoms with Gasteiger partial charge in [0, 0.05) is 20.6 Å². The van der Waals surface area contributed by atoms with Crippen molar-refractivity contribution in [3.63, 3.8) is 0 Å². The maximum atomic E-state index is 13.0. The molecule has 0 saturated heterocycles. The monoisotopic (exact) mass is 244 g/mol. The van der Waals surface area contributed by atoms with Crippen molar-refractivity contribution in [2.45, 2.75) is 25.7 Å². The quantitative estimate of drug-likeness (QED) is 0.645. The summed E-state index contributed by atoms with van der Waals surface area (Å²) in [6.45, 7) is 1.54. The number of carbonyl (C=O) groups excluding carboxylic acids is 1. The van der Waals surface area contributed by atoms with Gasteiger partial charge in [0.15, 0.2) is 0 Å². The molecule has 0 bridgehead atoms. The number of alkyl halides is 2. The fraction of sp³-hybridized carbons (Fsp3) is 0.875.